The summed E-state index contributed by atoms with van der Waals surface area (Å²) in [6, 6.07) is 6.17. The van der Waals surface area contributed by atoms with Crippen LogP contribution >= 0.6 is 11.6 Å². The van der Waals surface area contributed by atoms with E-state index in [4.69, 9.17) is 16.7 Å². The first kappa shape index (κ1) is 24.7. The van der Waals surface area contributed by atoms with Crippen LogP contribution in [0.25, 0.3) is 0 Å². The summed E-state index contributed by atoms with van der Waals surface area (Å²) in [7, 11) is -3.54. The monoisotopic (exact) mass is 423 g/mol. The van der Waals surface area contributed by atoms with E-state index in [1.165, 1.54) is 12.1 Å². The molecule has 0 aromatic heterocycles. The Morgan fingerprint density at radius 3 is 2.33 bits per heavy atom. The molecule has 0 atom stereocenters. The number of nitrogens with one attached hydrogen (secondary N) is 1. The normalized spacial score (nSPS) is 16.3. The molecule has 1 aromatic carbocycles. The van der Waals surface area contributed by atoms with E-state index >= 15 is 0 Å². The Bertz CT molecular complexity index is 729. The number of rotatable bonds is 10. The Hall–Kier alpha value is -0.370. The van der Waals surface area contributed by atoms with Gasteiger partial charge in [0.25, 0.3) is 0 Å². The summed E-state index contributed by atoms with van der Waals surface area (Å²) in [6.07, 6.45) is 10.6. The first-order chi connectivity index (χ1) is 12.3. The Labute approximate surface area is 188 Å². The van der Waals surface area contributed by atoms with Gasteiger partial charge in [0.1, 0.15) is 0 Å². The van der Waals surface area contributed by atoms with E-state index in [1.807, 2.05) is 12.2 Å². The average molecular weight is 424 g/mol. The Balaban J connectivity index is 0.00000364. The summed E-state index contributed by atoms with van der Waals surface area (Å²) in [5.74, 6) is -0.793. The molecule has 1 aromatic rings. The molecule has 0 heterocycles. The molecule has 1 saturated carbocycles. The van der Waals surface area contributed by atoms with Crippen molar-refractivity contribution in [3.05, 3.63) is 41.4 Å². The van der Waals surface area contributed by atoms with E-state index in [-0.39, 0.29) is 46.3 Å². The van der Waals surface area contributed by atoms with E-state index in [1.54, 1.807) is 12.1 Å². The molecule has 0 amide bonds. The predicted molar refractivity (Wildman–Crippen MR) is 110 cm³/mol. The minimum absolute atomic E-state index is 0. The number of carboxylic acids is 1. The van der Waals surface area contributed by atoms with Gasteiger partial charge in [-0.2, -0.15) is 0 Å². The van der Waals surface area contributed by atoms with Crippen molar-refractivity contribution < 1.29 is 18.3 Å². The third-order valence-corrected chi connectivity index (χ3v) is 6.63. The molecule has 0 aliphatic heterocycles. The predicted octanol–water partition coefficient (Wildman–Crippen LogP) is 3.73. The van der Waals surface area contributed by atoms with Crippen molar-refractivity contribution in [2.75, 3.05) is 6.54 Å². The summed E-state index contributed by atoms with van der Waals surface area (Å²) >= 11 is 5.82. The van der Waals surface area contributed by atoms with Crippen molar-refractivity contribution in [1.82, 2.24) is 4.72 Å². The molecule has 2 N–H and O–H groups in total. The molecule has 0 radical (unpaired) electrons. The molecule has 27 heavy (non-hydrogen) atoms. The number of sulfonamides is 1. The second-order valence-corrected chi connectivity index (χ2v) is 9.13. The van der Waals surface area contributed by atoms with Crippen LogP contribution in [0.5, 0.6) is 0 Å². The molecule has 0 unspecified atom stereocenters. The van der Waals surface area contributed by atoms with Crippen molar-refractivity contribution in [3.8, 4) is 0 Å². The number of hydrogen-bond donors (Lipinski definition) is 2. The first-order valence-corrected chi connectivity index (χ1v) is 10.8. The second-order valence-electron chi connectivity index (χ2n) is 6.93. The molecular formula is C19H27ClNNaO4S. The number of carboxylic acid groups (broad SMARTS) is 1. The van der Waals surface area contributed by atoms with Crippen LogP contribution in [-0.2, 0) is 14.8 Å². The van der Waals surface area contributed by atoms with Crippen LogP contribution in [-0.4, -0.2) is 55.6 Å². The van der Waals surface area contributed by atoms with Crippen LogP contribution in [0, 0.1) is 5.41 Å². The van der Waals surface area contributed by atoms with Gasteiger partial charge in [0.15, 0.2) is 0 Å². The van der Waals surface area contributed by atoms with E-state index < -0.39 is 16.0 Å². The van der Waals surface area contributed by atoms with Crippen LogP contribution in [0.2, 0.25) is 5.02 Å². The molecule has 0 bridgehead atoms. The van der Waals surface area contributed by atoms with Crippen molar-refractivity contribution in [1.29, 1.82) is 0 Å². The number of benzene rings is 1. The van der Waals surface area contributed by atoms with Crippen LogP contribution in [0.1, 0.15) is 51.4 Å². The summed E-state index contributed by atoms with van der Waals surface area (Å²) in [6.45, 7) is 0.431. The SMILES string of the molecule is O=C(O)CC/C=C\CCC1(CNS(=O)(=O)c2ccc(Cl)cc2)CCCC1.[NaH]. The van der Waals surface area contributed by atoms with Gasteiger partial charge >= 0.3 is 35.5 Å². The van der Waals surface area contributed by atoms with E-state index in [9.17, 15) is 13.2 Å². The number of hydrogen-bond acceptors (Lipinski definition) is 3. The van der Waals surface area contributed by atoms with Crippen LogP contribution in [0.3, 0.4) is 0 Å². The van der Waals surface area contributed by atoms with Gasteiger partial charge in [0.2, 0.25) is 10.0 Å². The molecule has 1 fully saturated rings. The zero-order valence-corrected chi connectivity index (χ0v) is 16.4. The summed E-state index contributed by atoms with van der Waals surface area (Å²) in [5.41, 5.74) is -0.0172. The molecule has 2 rings (SSSR count). The van der Waals surface area contributed by atoms with Crippen LogP contribution < -0.4 is 4.72 Å². The van der Waals surface area contributed by atoms with Gasteiger partial charge in [0, 0.05) is 18.0 Å². The molecular weight excluding hydrogens is 397 g/mol. The fourth-order valence-corrected chi connectivity index (χ4v) is 4.70. The first-order valence-electron chi connectivity index (χ1n) is 8.95. The molecule has 1 aliphatic carbocycles. The van der Waals surface area contributed by atoms with E-state index in [2.05, 4.69) is 4.72 Å². The Morgan fingerprint density at radius 1 is 1.15 bits per heavy atom. The van der Waals surface area contributed by atoms with Crippen molar-refractivity contribution in [2.24, 2.45) is 5.41 Å². The van der Waals surface area contributed by atoms with Crippen LogP contribution in [0.4, 0.5) is 0 Å². The number of carbonyl (C=O) groups is 1. The van der Waals surface area contributed by atoms with Crippen molar-refractivity contribution in [2.45, 2.75) is 56.3 Å². The molecule has 5 nitrogen and oxygen atoms in total. The minimum atomic E-state index is -3.54. The summed E-state index contributed by atoms with van der Waals surface area (Å²) in [5, 5.41) is 9.14. The number of halogens is 1. The fourth-order valence-electron chi connectivity index (χ4n) is 3.42. The fraction of sp³-hybridized carbons (Fsp3) is 0.526. The van der Waals surface area contributed by atoms with Crippen molar-refractivity contribution in [3.63, 3.8) is 0 Å². The van der Waals surface area contributed by atoms with Gasteiger partial charge in [-0.1, -0.05) is 36.6 Å². The number of allylic oxidation sites excluding steroid dienone is 2. The standard InChI is InChI=1S/C19H26ClNO4S.Na.H/c20-16-8-10-17(11-9-16)26(24,25)21-15-19(13-5-6-14-19)12-4-2-1-3-7-18(22)23;;/h1-2,8-11,21H,3-7,12-15H2,(H,22,23);;/b2-1-;;. The zero-order chi connectivity index (χ0) is 19.0. The molecule has 0 spiro atoms. The third-order valence-electron chi connectivity index (χ3n) is 4.96. The van der Waals surface area contributed by atoms with Gasteiger partial charge in [0.05, 0.1) is 4.90 Å². The van der Waals surface area contributed by atoms with Crippen LogP contribution in [0.15, 0.2) is 41.3 Å². The van der Waals surface area contributed by atoms with Gasteiger partial charge in [-0.15, -0.1) is 0 Å². The van der Waals surface area contributed by atoms with Gasteiger partial charge in [-0.05, 0) is 61.8 Å². The average Bonchev–Trinajstić information content (AvgIpc) is 3.06. The maximum atomic E-state index is 12.5. The van der Waals surface area contributed by atoms with Gasteiger partial charge in [-0.3, -0.25) is 4.79 Å². The number of aliphatic carboxylic acids is 1. The zero-order valence-electron chi connectivity index (χ0n) is 14.8. The third kappa shape index (κ3) is 8.26. The molecule has 8 heteroatoms. The molecule has 1 aliphatic rings. The van der Waals surface area contributed by atoms with Gasteiger partial charge in [-0.25, -0.2) is 13.1 Å². The molecule has 146 valence electrons. The van der Waals surface area contributed by atoms with E-state index in [0.717, 1.165) is 38.5 Å². The van der Waals surface area contributed by atoms with Crippen molar-refractivity contribution >= 4 is 57.2 Å². The van der Waals surface area contributed by atoms with E-state index in [0.29, 0.717) is 18.0 Å². The van der Waals surface area contributed by atoms with Gasteiger partial charge < -0.3 is 5.11 Å². The quantitative estimate of drug-likeness (QED) is 0.443. The molecule has 0 saturated heterocycles. The topological polar surface area (TPSA) is 83.5 Å². The summed E-state index contributed by atoms with van der Waals surface area (Å²) < 4.78 is 27.8. The summed E-state index contributed by atoms with van der Waals surface area (Å²) in [4.78, 5) is 10.7. The maximum absolute atomic E-state index is 12.5. The Morgan fingerprint density at radius 2 is 1.74 bits per heavy atom. The Kier molecular flexibility index (Phi) is 10.6. The second kappa shape index (κ2) is 11.6.